The number of aromatic nitrogens is 1. The zero-order valence-corrected chi connectivity index (χ0v) is 10.1. The molecule has 1 aliphatic heterocycles. The van der Waals surface area contributed by atoms with Crippen molar-refractivity contribution in [2.75, 3.05) is 13.1 Å². The second kappa shape index (κ2) is 5.31. The number of aryl methyl sites for hydroxylation is 1. The van der Waals surface area contributed by atoms with Crippen LogP contribution in [0.25, 0.3) is 0 Å². The van der Waals surface area contributed by atoms with Crippen LogP contribution in [0.2, 0.25) is 0 Å². The van der Waals surface area contributed by atoms with Gasteiger partial charge in [0, 0.05) is 12.6 Å². The van der Waals surface area contributed by atoms with Crippen molar-refractivity contribution in [1.82, 2.24) is 10.1 Å². The fourth-order valence-corrected chi connectivity index (χ4v) is 2.31. The predicted molar refractivity (Wildman–Crippen MR) is 61.7 cm³/mol. The molecule has 0 radical (unpaired) electrons. The molecule has 94 valence electrons. The molecule has 0 amide bonds. The Morgan fingerprint density at radius 3 is 3.18 bits per heavy atom. The smallest absolute Gasteiger partial charge is 0.304 e. The molecule has 1 aliphatic rings. The van der Waals surface area contributed by atoms with Crippen molar-refractivity contribution < 1.29 is 14.4 Å². The maximum atomic E-state index is 10.6. The molecule has 2 rings (SSSR count). The number of hydrogen-bond donors (Lipinski definition) is 1. The summed E-state index contributed by atoms with van der Waals surface area (Å²) in [6, 6.07) is 2.20. The van der Waals surface area contributed by atoms with Crippen LogP contribution in [0, 0.1) is 0 Å². The quantitative estimate of drug-likeness (QED) is 0.848. The molecule has 0 bridgehead atoms. The summed E-state index contributed by atoms with van der Waals surface area (Å²) in [7, 11) is 0. The Hall–Kier alpha value is -1.36. The summed E-state index contributed by atoms with van der Waals surface area (Å²) in [4.78, 5) is 12.8. The summed E-state index contributed by atoms with van der Waals surface area (Å²) in [5.41, 5.74) is 0.963. The summed E-state index contributed by atoms with van der Waals surface area (Å²) >= 11 is 0. The van der Waals surface area contributed by atoms with Crippen LogP contribution in [0.4, 0.5) is 0 Å². The number of carbonyl (C=O) groups is 1. The van der Waals surface area contributed by atoms with Gasteiger partial charge in [-0.1, -0.05) is 12.1 Å². The third-order valence-electron chi connectivity index (χ3n) is 3.24. The van der Waals surface area contributed by atoms with Crippen LogP contribution in [0.15, 0.2) is 10.6 Å². The minimum Gasteiger partial charge on any atom is -0.481 e. The maximum Gasteiger partial charge on any atom is 0.304 e. The van der Waals surface area contributed by atoms with Crippen molar-refractivity contribution in [3.8, 4) is 0 Å². The van der Waals surface area contributed by atoms with Crippen molar-refractivity contribution in [3.05, 3.63) is 17.5 Å². The first-order valence-electron chi connectivity index (χ1n) is 6.12. The van der Waals surface area contributed by atoms with E-state index in [1.54, 1.807) is 0 Å². The molecule has 0 spiro atoms. The zero-order valence-electron chi connectivity index (χ0n) is 10.1. The molecule has 1 saturated heterocycles. The lowest BCUT2D eigenvalue weighted by atomic mass is 10.1. The van der Waals surface area contributed by atoms with Crippen LogP contribution in [0.5, 0.6) is 0 Å². The van der Waals surface area contributed by atoms with E-state index in [0.717, 1.165) is 37.3 Å². The van der Waals surface area contributed by atoms with Gasteiger partial charge >= 0.3 is 5.97 Å². The normalized spacial score (nSPS) is 20.9. The van der Waals surface area contributed by atoms with E-state index >= 15 is 0 Å². The van der Waals surface area contributed by atoms with Crippen LogP contribution in [0.1, 0.15) is 43.7 Å². The summed E-state index contributed by atoms with van der Waals surface area (Å²) < 4.78 is 5.34. The molecule has 1 aromatic heterocycles. The monoisotopic (exact) mass is 238 g/mol. The van der Waals surface area contributed by atoms with Gasteiger partial charge in [0.15, 0.2) is 5.76 Å². The molecule has 0 aliphatic carbocycles. The van der Waals surface area contributed by atoms with Crippen LogP contribution in [-0.2, 0) is 11.2 Å². The summed E-state index contributed by atoms with van der Waals surface area (Å²) in [5.74, 6) is 0.132. The number of likely N-dealkylation sites (tertiary alicyclic amines) is 1. The van der Waals surface area contributed by atoms with Crippen molar-refractivity contribution in [1.29, 1.82) is 0 Å². The molecule has 17 heavy (non-hydrogen) atoms. The molecule has 5 heteroatoms. The highest BCUT2D eigenvalue weighted by Gasteiger charge is 2.29. The lowest BCUT2D eigenvalue weighted by molar-refractivity contribution is -0.137. The Morgan fingerprint density at radius 2 is 2.53 bits per heavy atom. The molecular weight excluding hydrogens is 220 g/mol. The van der Waals surface area contributed by atoms with E-state index in [0.29, 0.717) is 6.54 Å². The highest BCUT2D eigenvalue weighted by molar-refractivity contribution is 5.66. The fourth-order valence-electron chi connectivity index (χ4n) is 2.31. The van der Waals surface area contributed by atoms with Crippen LogP contribution in [0.3, 0.4) is 0 Å². The van der Waals surface area contributed by atoms with E-state index in [2.05, 4.69) is 10.1 Å². The van der Waals surface area contributed by atoms with Gasteiger partial charge in [0.1, 0.15) is 0 Å². The molecular formula is C12H18N2O3. The van der Waals surface area contributed by atoms with Gasteiger partial charge in [0.2, 0.25) is 0 Å². The van der Waals surface area contributed by atoms with E-state index in [9.17, 15) is 4.79 Å². The van der Waals surface area contributed by atoms with Gasteiger partial charge in [-0.05, 0) is 25.8 Å². The van der Waals surface area contributed by atoms with Crippen molar-refractivity contribution in [3.63, 3.8) is 0 Å². The van der Waals surface area contributed by atoms with Gasteiger partial charge in [-0.2, -0.15) is 0 Å². The average molecular weight is 238 g/mol. The van der Waals surface area contributed by atoms with Gasteiger partial charge in [-0.15, -0.1) is 0 Å². The highest BCUT2D eigenvalue weighted by atomic mass is 16.5. The molecule has 0 saturated carbocycles. The number of rotatable bonds is 5. The number of aliphatic carboxylic acids is 1. The number of nitrogens with zero attached hydrogens (tertiary/aromatic N) is 2. The van der Waals surface area contributed by atoms with Gasteiger partial charge in [0.05, 0.1) is 18.2 Å². The first-order valence-corrected chi connectivity index (χ1v) is 6.12. The molecule has 5 nitrogen and oxygen atoms in total. The SMILES string of the molecule is CCc1cc([C@@H]2CCCN2CCC(=O)O)on1. The van der Waals surface area contributed by atoms with E-state index < -0.39 is 5.97 Å². The molecule has 1 N–H and O–H groups in total. The van der Waals surface area contributed by atoms with E-state index in [-0.39, 0.29) is 12.5 Å². The lowest BCUT2D eigenvalue weighted by Gasteiger charge is -2.21. The fraction of sp³-hybridized carbons (Fsp3) is 0.667. The van der Waals surface area contributed by atoms with Crippen molar-refractivity contribution >= 4 is 5.97 Å². The first-order chi connectivity index (χ1) is 8.20. The summed E-state index contributed by atoms with van der Waals surface area (Å²) in [6.07, 6.45) is 3.17. The molecule has 0 unspecified atom stereocenters. The lowest BCUT2D eigenvalue weighted by Crippen LogP contribution is -2.25. The Kier molecular flexibility index (Phi) is 3.78. The van der Waals surface area contributed by atoms with Gasteiger partial charge in [0.25, 0.3) is 0 Å². The van der Waals surface area contributed by atoms with E-state index in [1.165, 1.54) is 0 Å². The summed E-state index contributed by atoms with van der Waals surface area (Å²) in [5, 5.41) is 12.7. The molecule has 0 aromatic carbocycles. The molecule has 1 aromatic rings. The summed E-state index contributed by atoms with van der Waals surface area (Å²) in [6.45, 7) is 3.57. The number of carboxylic acids is 1. The Labute approximate surface area is 100 Å². The Balaban J connectivity index is 2.00. The molecule has 1 atom stereocenters. The standard InChI is InChI=1S/C12H18N2O3/c1-2-9-8-11(17-13-9)10-4-3-6-14(10)7-5-12(15)16/h8,10H,2-7H2,1H3,(H,15,16)/t10-/m0/s1. The maximum absolute atomic E-state index is 10.6. The average Bonchev–Trinajstić information content (AvgIpc) is 2.94. The zero-order chi connectivity index (χ0) is 12.3. The Morgan fingerprint density at radius 1 is 1.71 bits per heavy atom. The highest BCUT2D eigenvalue weighted by Crippen LogP contribution is 2.32. The Bertz CT molecular complexity index is 389. The van der Waals surface area contributed by atoms with Gasteiger partial charge in [-0.3, -0.25) is 9.69 Å². The molecule has 1 fully saturated rings. The van der Waals surface area contributed by atoms with Crippen LogP contribution in [-0.4, -0.2) is 34.2 Å². The van der Waals surface area contributed by atoms with Crippen molar-refractivity contribution in [2.24, 2.45) is 0 Å². The van der Waals surface area contributed by atoms with Crippen LogP contribution < -0.4 is 0 Å². The molecule has 2 heterocycles. The second-order valence-corrected chi connectivity index (χ2v) is 4.41. The third kappa shape index (κ3) is 2.85. The number of carboxylic acid groups (broad SMARTS) is 1. The topological polar surface area (TPSA) is 66.6 Å². The van der Waals surface area contributed by atoms with Crippen LogP contribution >= 0.6 is 0 Å². The van der Waals surface area contributed by atoms with Gasteiger partial charge in [-0.25, -0.2) is 0 Å². The number of hydrogen-bond acceptors (Lipinski definition) is 4. The second-order valence-electron chi connectivity index (χ2n) is 4.41. The minimum atomic E-state index is -0.748. The third-order valence-corrected chi connectivity index (χ3v) is 3.24. The largest absolute Gasteiger partial charge is 0.481 e. The van der Waals surface area contributed by atoms with E-state index in [4.69, 9.17) is 9.63 Å². The van der Waals surface area contributed by atoms with Gasteiger partial charge < -0.3 is 9.63 Å². The first kappa shape index (κ1) is 12.1. The van der Waals surface area contributed by atoms with E-state index in [1.807, 2.05) is 13.0 Å². The predicted octanol–water partition coefficient (Wildman–Crippen LogP) is 1.85. The minimum absolute atomic E-state index is 0.186. The van der Waals surface area contributed by atoms with Crippen molar-refractivity contribution in [2.45, 2.75) is 38.6 Å².